The van der Waals surface area contributed by atoms with E-state index >= 15 is 0 Å². The average Bonchev–Trinajstić information content (AvgIpc) is 2.99. The zero-order valence-electron chi connectivity index (χ0n) is 10.1. The molecule has 0 spiro atoms. The normalized spacial score (nSPS) is 24.1. The molecule has 2 aliphatic rings. The van der Waals surface area contributed by atoms with Gasteiger partial charge in [0.25, 0.3) is 0 Å². The first-order valence-corrected chi connectivity index (χ1v) is 6.30. The Hall–Kier alpha value is -0.980. The molecule has 1 aliphatic heterocycles. The summed E-state index contributed by atoms with van der Waals surface area (Å²) in [5.74, 6) is 0. The molecular weight excluding hydrogens is 247 g/mol. The van der Waals surface area contributed by atoms with E-state index in [-0.39, 0.29) is 12.1 Å². The molecule has 1 aliphatic carbocycles. The number of nitrogens with zero attached hydrogens (tertiary/aromatic N) is 1. The van der Waals surface area contributed by atoms with Crippen molar-refractivity contribution in [1.29, 1.82) is 0 Å². The van der Waals surface area contributed by atoms with Gasteiger partial charge in [0.15, 0.2) is 0 Å². The monoisotopic (exact) mass is 265 g/mol. The zero-order valence-corrected chi connectivity index (χ0v) is 10.1. The second-order valence-corrected chi connectivity index (χ2v) is 4.95. The van der Waals surface area contributed by atoms with Crippen LogP contribution in [0.4, 0.5) is 18.0 Å². The maximum atomic E-state index is 12.1. The van der Waals surface area contributed by atoms with Crippen LogP contribution in [-0.2, 0) is 0 Å². The van der Waals surface area contributed by atoms with Gasteiger partial charge < -0.3 is 15.5 Å². The van der Waals surface area contributed by atoms with Gasteiger partial charge in [-0.2, -0.15) is 13.2 Å². The van der Waals surface area contributed by atoms with Crippen molar-refractivity contribution in [3.8, 4) is 0 Å². The number of rotatable bonds is 4. The number of halogens is 3. The van der Waals surface area contributed by atoms with Crippen LogP contribution < -0.4 is 10.6 Å². The maximum Gasteiger partial charge on any atom is 0.405 e. The van der Waals surface area contributed by atoms with Gasteiger partial charge in [-0.1, -0.05) is 0 Å². The van der Waals surface area contributed by atoms with Crippen LogP contribution in [-0.4, -0.2) is 48.8 Å². The van der Waals surface area contributed by atoms with E-state index in [1.54, 1.807) is 4.90 Å². The number of alkyl halides is 3. The largest absolute Gasteiger partial charge is 0.405 e. The van der Waals surface area contributed by atoms with E-state index in [2.05, 4.69) is 5.32 Å². The highest BCUT2D eigenvalue weighted by atomic mass is 19.4. The summed E-state index contributed by atoms with van der Waals surface area (Å²) in [5, 5.41) is 5.21. The number of nitrogens with one attached hydrogen (secondary N) is 2. The molecule has 0 radical (unpaired) electrons. The van der Waals surface area contributed by atoms with Gasteiger partial charge in [-0.25, -0.2) is 4.79 Å². The molecule has 2 amide bonds. The van der Waals surface area contributed by atoms with Gasteiger partial charge in [-0.15, -0.1) is 0 Å². The van der Waals surface area contributed by atoms with Gasteiger partial charge in [0.1, 0.15) is 6.54 Å². The molecule has 1 saturated heterocycles. The van der Waals surface area contributed by atoms with E-state index in [4.69, 9.17) is 0 Å². The predicted octanol–water partition coefficient (Wildman–Crippen LogP) is 1.47. The Balaban J connectivity index is 1.82. The molecule has 1 unspecified atom stereocenters. The standard InChI is InChI=1S/C11H18F3N3O/c12-11(13,14)7-16-10(18)17(9-3-4-9)6-8-2-1-5-15-8/h8-9,15H,1-7H2,(H,16,18). The van der Waals surface area contributed by atoms with Crippen molar-refractivity contribution in [3.05, 3.63) is 0 Å². The zero-order chi connectivity index (χ0) is 13.2. The molecule has 0 aromatic heterocycles. The van der Waals surface area contributed by atoms with Crippen LogP contribution >= 0.6 is 0 Å². The summed E-state index contributed by atoms with van der Waals surface area (Å²) in [6.07, 6.45) is -0.516. The van der Waals surface area contributed by atoms with E-state index in [0.29, 0.717) is 6.54 Å². The molecule has 104 valence electrons. The fourth-order valence-corrected chi connectivity index (χ4v) is 2.21. The SMILES string of the molecule is O=C(NCC(F)(F)F)N(CC1CCCN1)C1CC1. The van der Waals surface area contributed by atoms with Crippen molar-refractivity contribution >= 4 is 6.03 Å². The molecule has 1 saturated carbocycles. The molecule has 18 heavy (non-hydrogen) atoms. The summed E-state index contributed by atoms with van der Waals surface area (Å²) in [6, 6.07) is -0.244. The average molecular weight is 265 g/mol. The van der Waals surface area contributed by atoms with E-state index < -0.39 is 18.8 Å². The van der Waals surface area contributed by atoms with Crippen molar-refractivity contribution in [2.75, 3.05) is 19.6 Å². The third-order valence-electron chi connectivity index (χ3n) is 3.27. The lowest BCUT2D eigenvalue weighted by atomic mass is 10.2. The van der Waals surface area contributed by atoms with Crippen LogP contribution in [0.2, 0.25) is 0 Å². The number of hydrogen-bond acceptors (Lipinski definition) is 2. The third kappa shape index (κ3) is 4.04. The minimum atomic E-state index is -4.35. The molecule has 2 fully saturated rings. The fraction of sp³-hybridized carbons (Fsp3) is 0.909. The molecular formula is C11H18F3N3O. The predicted molar refractivity (Wildman–Crippen MR) is 60.2 cm³/mol. The molecule has 0 bridgehead atoms. The van der Waals surface area contributed by atoms with Gasteiger partial charge in [0.2, 0.25) is 0 Å². The lowest BCUT2D eigenvalue weighted by Gasteiger charge is -2.26. The van der Waals surface area contributed by atoms with Gasteiger partial charge >= 0.3 is 12.2 Å². The van der Waals surface area contributed by atoms with Crippen LogP contribution in [0, 0.1) is 0 Å². The summed E-state index contributed by atoms with van der Waals surface area (Å²) in [4.78, 5) is 13.3. The summed E-state index contributed by atoms with van der Waals surface area (Å²) >= 11 is 0. The molecule has 2 N–H and O–H groups in total. The molecule has 0 aromatic rings. The van der Waals surface area contributed by atoms with Gasteiger partial charge in [0.05, 0.1) is 0 Å². The van der Waals surface area contributed by atoms with Crippen LogP contribution in [0.25, 0.3) is 0 Å². The molecule has 1 heterocycles. The topological polar surface area (TPSA) is 44.4 Å². The molecule has 0 aromatic carbocycles. The molecule has 4 nitrogen and oxygen atoms in total. The lowest BCUT2D eigenvalue weighted by Crippen LogP contribution is -2.49. The summed E-state index contributed by atoms with van der Waals surface area (Å²) in [5.41, 5.74) is 0. The Morgan fingerprint density at radius 3 is 2.56 bits per heavy atom. The Morgan fingerprint density at radius 1 is 1.33 bits per heavy atom. The number of hydrogen-bond donors (Lipinski definition) is 2. The van der Waals surface area contributed by atoms with Crippen LogP contribution in [0.15, 0.2) is 0 Å². The fourth-order valence-electron chi connectivity index (χ4n) is 2.21. The van der Waals surface area contributed by atoms with Crippen LogP contribution in [0.3, 0.4) is 0 Å². The number of urea groups is 1. The van der Waals surface area contributed by atoms with E-state index in [9.17, 15) is 18.0 Å². The Labute approximate surface area is 104 Å². The van der Waals surface area contributed by atoms with Crippen molar-refractivity contribution in [1.82, 2.24) is 15.5 Å². The lowest BCUT2D eigenvalue weighted by molar-refractivity contribution is -0.123. The Bertz CT molecular complexity index is 298. The minimum absolute atomic E-state index is 0.126. The van der Waals surface area contributed by atoms with E-state index in [0.717, 1.165) is 32.2 Å². The molecule has 7 heteroatoms. The number of carbonyl (C=O) groups excluding carboxylic acids is 1. The van der Waals surface area contributed by atoms with E-state index in [1.807, 2.05) is 5.32 Å². The second-order valence-electron chi connectivity index (χ2n) is 4.95. The van der Waals surface area contributed by atoms with Crippen LogP contribution in [0.1, 0.15) is 25.7 Å². The second kappa shape index (κ2) is 5.34. The molecule has 2 rings (SSSR count). The number of carbonyl (C=O) groups is 1. The summed E-state index contributed by atoms with van der Waals surface area (Å²) in [6.45, 7) is 0.175. The highest BCUT2D eigenvalue weighted by molar-refractivity contribution is 5.75. The van der Waals surface area contributed by atoms with Crippen molar-refractivity contribution < 1.29 is 18.0 Å². The van der Waals surface area contributed by atoms with Crippen molar-refractivity contribution in [2.45, 2.75) is 43.9 Å². The first-order valence-electron chi connectivity index (χ1n) is 6.30. The first-order chi connectivity index (χ1) is 8.46. The van der Waals surface area contributed by atoms with Crippen molar-refractivity contribution in [3.63, 3.8) is 0 Å². The first kappa shape index (κ1) is 13.5. The van der Waals surface area contributed by atoms with Gasteiger partial charge in [0, 0.05) is 18.6 Å². The quantitative estimate of drug-likeness (QED) is 0.808. The third-order valence-corrected chi connectivity index (χ3v) is 3.27. The molecule has 1 atom stereocenters. The highest BCUT2D eigenvalue weighted by Crippen LogP contribution is 2.27. The van der Waals surface area contributed by atoms with E-state index in [1.165, 1.54) is 0 Å². The maximum absolute atomic E-state index is 12.1. The Morgan fingerprint density at radius 2 is 2.06 bits per heavy atom. The van der Waals surface area contributed by atoms with Gasteiger partial charge in [-0.05, 0) is 32.2 Å². The van der Waals surface area contributed by atoms with Crippen LogP contribution in [0.5, 0.6) is 0 Å². The number of amides is 2. The summed E-state index contributed by atoms with van der Waals surface area (Å²) < 4.78 is 36.2. The minimum Gasteiger partial charge on any atom is -0.329 e. The van der Waals surface area contributed by atoms with Crippen molar-refractivity contribution in [2.24, 2.45) is 0 Å². The smallest absolute Gasteiger partial charge is 0.329 e. The van der Waals surface area contributed by atoms with Gasteiger partial charge in [-0.3, -0.25) is 0 Å². The summed E-state index contributed by atoms with van der Waals surface area (Å²) in [7, 11) is 0. The Kier molecular flexibility index (Phi) is 3.99. The highest BCUT2D eigenvalue weighted by Gasteiger charge is 2.36.